The number of fused-ring (bicyclic) bond motifs is 1. The van der Waals surface area contributed by atoms with Gasteiger partial charge < -0.3 is 10.2 Å². The van der Waals surface area contributed by atoms with Crippen molar-refractivity contribution in [3.05, 3.63) is 23.3 Å². The van der Waals surface area contributed by atoms with E-state index in [4.69, 9.17) is 0 Å². The van der Waals surface area contributed by atoms with Crippen LogP contribution in [0.1, 0.15) is 91.9 Å². The molecule has 3 fully saturated rings. The van der Waals surface area contributed by atoms with Crippen LogP contribution >= 0.6 is 0 Å². The molecule has 0 saturated heterocycles. The van der Waals surface area contributed by atoms with Gasteiger partial charge in [0.25, 0.3) is 0 Å². The lowest BCUT2D eigenvalue weighted by Crippen LogP contribution is -2.36. The molecule has 154 valence electrons. The Kier molecular flexibility index (Phi) is 6.90. The first-order chi connectivity index (χ1) is 12.9. The Morgan fingerprint density at radius 3 is 2.52 bits per heavy atom. The van der Waals surface area contributed by atoms with Crippen molar-refractivity contribution in [2.75, 3.05) is 0 Å². The number of unbranched alkanes of at least 4 members (excludes halogenated alkanes) is 1. The number of aliphatic hydroxyl groups excluding tert-OH is 2. The van der Waals surface area contributed by atoms with Crippen LogP contribution in [0.15, 0.2) is 23.3 Å². The summed E-state index contributed by atoms with van der Waals surface area (Å²) in [5, 5.41) is 20.4. The van der Waals surface area contributed by atoms with Crippen LogP contribution < -0.4 is 0 Å². The smallest absolute Gasteiger partial charge is 0.0627 e. The number of hydrogen-bond donors (Lipinski definition) is 2. The molecule has 0 amide bonds. The fourth-order valence-corrected chi connectivity index (χ4v) is 6.55. The molecule has 6 atom stereocenters. The molecule has 0 heterocycles. The van der Waals surface area contributed by atoms with E-state index in [1.165, 1.54) is 56.9 Å². The summed E-state index contributed by atoms with van der Waals surface area (Å²) in [6, 6.07) is 0. The van der Waals surface area contributed by atoms with Crippen molar-refractivity contribution in [2.24, 2.45) is 29.1 Å². The SMILES string of the molecule is CCCC[C@H](C)[C@H]1CC[C@H]2C(=CC=C3C[C@@H](O)C(C)[C@H](O)C3)CCC[C@]12C. The molecule has 3 aliphatic carbocycles. The highest BCUT2D eigenvalue weighted by atomic mass is 16.3. The van der Waals surface area contributed by atoms with Crippen LogP contribution in [0.5, 0.6) is 0 Å². The van der Waals surface area contributed by atoms with Gasteiger partial charge in [0.15, 0.2) is 0 Å². The van der Waals surface area contributed by atoms with Gasteiger partial charge in [0.05, 0.1) is 12.2 Å². The predicted molar refractivity (Wildman–Crippen MR) is 113 cm³/mol. The Balaban J connectivity index is 1.73. The van der Waals surface area contributed by atoms with Crippen LogP contribution in [0.3, 0.4) is 0 Å². The summed E-state index contributed by atoms with van der Waals surface area (Å²) < 4.78 is 0. The zero-order valence-electron chi connectivity index (χ0n) is 18.1. The molecule has 0 aromatic carbocycles. The summed E-state index contributed by atoms with van der Waals surface area (Å²) in [6.45, 7) is 9.34. The number of rotatable bonds is 5. The Morgan fingerprint density at radius 2 is 1.85 bits per heavy atom. The first kappa shape index (κ1) is 21.1. The summed E-state index contributed by atoms with van der Waals surface area (Å²) >= 11 is 0. The lowest BCUT2D eigenvalue weighted by Gasteiger charge is -2.44. The standard InChI is InChI=1S/C25H42O2/c1-5-6-8-17(2)21-12-13-22-20(9-7-14-25(21,22)4)11-10-19-15-23(26)18(3)24(27)16-19/h10-11,17-18,21-24,26-27H,5-9,12-16H2,1-4H3/t17-,18?,21+,22-,23+,24+,25+/m0/s1. The van der Waals surface area contributed by atoms with Gasteiger partial charge >= 0.3 is 0 Å². The Labute approximate surface area is 167 Å². The molecule has 3 aliphatic rings. The Morgan fingerprint density at radius 1 is 1.15 bits per heavy atom. The molecule has 0 radical (unpaired) electrons. The molecular formula is C25H42O2. The zero-order valence-corrected chi connectivity index (χ0v) is 18.1. The average Bonchev–Trinajstić information content (AvgIpc) is 2.99. The molecule has 27 heavy (non-hydrogen) atoms. The molecule has 0 aromatic rings. The third kappa shape index (κ3) is 4.37. The van der Waals surface area contributed by atoms with Crippen LogP contribution in [-0.2, 0) is 0 Å². The second kappa shape index (κ2) is 8.82. The molecule has 0 aliphatic heterocycles. The highest BCUT2D eigenvalue weighted by molar-refractivity contribution is 5.26. The van der Waals surface area contributed by atoms with Gasteiger partial charge in [-0.05, 0) is 68.1 Å². The van der Waals surface area contributed by atoms with Crippen molar-refractivity contribution >= 4 is 0 Å². The third-order valence-corrected chi connectivity index (χ3v) is 8.43. The molecule has 2 heteroatoms. The van der Waals surface area contributed by atoms with E-state index in [2.05, 4.69) is 32.9 Å². The Hall–Kier alpha value is -0.600. The molecule has 2 N–H and O–H groups in total. The minimum absolute atomic E-state index is 0.00651. The van der Waals surface area contributed by atoms with Crippen molar-refractivity contribution in [2.45, 2.75) is 104 Å². The van der Waals surface area contributed by atoms with Gasteiger partial charge in [-0.3, -0.25) is 0 Å². The van der Waals surface area contributed by atoms with Gasteiger partial charge in [0, 0.05) is 5.92 Å². The number of allylic oxidation sites excluding steroid dienone is 3. The topological polar surface area (TPSA) is 40.5 Å². The minimum atomic E-state index is -0.398. The largest absolute Gasteiger partial charge is 0.392 e. The maximum Gasteiger partial charge on any atom is 0.0627 e. The average molecular weight is 375 g/mol. The predicted octanol–water partition coefficient (Wildman–Crippen LogP) is 6.03. The van der Waals surface area contributed by atoms with Crippen LogP contribution in [0.4, 0.5) is 0 Å². The highest BCUT2D eigenvalue weighted by Gasteiger charge is 2.50. The van der Waals surface area contributed by atoms with Crippen molar-refractivity contribution < 1.29 is 10.2 Å². The summed E-state index contributed by atoms with van der Waals surface area (Å²) in [4.78, 5) is 0. The van der Waals surface area contributed by atoms with Crippen molar-refractivity contribution in [1.82, 2.24) is 0 Å². The monoisotopic (exact) mass is 374 g/mol. The van der Waals surface area contributed by atoms with Crippen LogP contribution in [0, 0.1) is 29.1 Å². The maximum atomic E-state index is 10.2. The molecule has 0 spiro atoms. The zero-order chi connectivity index (χ0) is 19.6. The van der Waals surface area contributed by atoms with E-state index in [9.17, 15) is 10.2 Å². The molecule has 3 rings (SSSR count). The second-order valence-electron chi connectivity index (χ2n) is 10.2. The molecular weight excluding hydrogens is 332 g/mol. The normalized spacial score (nSPS) is 42.2. The highest BCUT2D eigenvalue weighted by Crippen LogP contribution is 2.59. The Bertz CT molecular complexity index is 549. The minimum Gasteiger partial charge on any atom is -0.392 e. The van der Waals surface area contributed by atoms with Gasteiger partial charge in [0.2, 0.25) is 0 Å². The van der Waals surface area contributed by atoms with E-state index in [1.54, 1.807) is 5.57 Å². The summed E-state index contributed by atoms with van der Waals surface area (Å²) in [6.07, 6.45) is 16.0. The molecule has 3 saturated carbocycles. The first-order valence-electron chi connectivity index (χ1n) is 11.6. The third-order valence-electron chi connectivity index (χ3n) is 8.43. The van der Waals surface area contributed by atoms with Crippen molar-refractivity contribution in [3.8, 4) is 0 Å². The van der Waals surface area contributed by atoms with Gasteiger partial charge in [-0.2, -0.15) is 0 Å². The van der Waals surface area contributed by atoms with Gasteiger partial charge in [-0.15, -0.1) is 0 Å². The fourth-order valence-electron chi connectivity index (χ4n) is 6.55. The van der Waals surface area contributed by atoms with Gasteiger partial charge in [0.1, 0.15) is 0 Å². The van der Waals surface area contributed by atoms with E-state index in [0.717, 1.165) is 30.6 Å². The number of hydrogen-bond acceptors (Lipinski definition) is 2. The fraction of sp³-hybridized carbons (Fsp3) is 0.840. The molecule has 2 nitrogen and oxygen atoms in total. The number of aliphatic hydroxyl groups is 2. The van der Waals surface area contributed by atoms with E-state index in [1.807, 2.05) is 6.92 Å². The van der Waals surface area contributed by atoms with Crippen molar-refractivity contribution in [3.63, 3.8) is 0 Å². The van der Waals surface area contributed by atoms with Crippen molar-refractivity contribution in [1.29, 1.82) is 0 Å². The van der Waals surface area contributed by atoms with Crippen LogP contribution in [0.2, 0.25) is 0 Å². The van der Waals surface area contributed by atoms with Gasteiger partial charge in [-0.1, -0.05) is 70.3 Å². The molecule has 0 aromatic heterocycles. The maximum absolute atomic E-state index is 10.2. The first-order valence-corrected chi connectivity index (χ1v) is 11.6. The van der Waals surface area contributed by atoms with E-state index in [-0.39, 0.29) is 5.92 Å². The lowest BCUT2D eigenvalue weighted by atomic mass is 9.60. The molecule has 0 unspecified atom stereocenters. The van der Waals surface area contributed by atoms with E-state index in [0.29, 0.717) is 5.41 Å². The van der Waals surface area contributed by atoms with Crippen LogP contribution in [-0.4, -0.2) is 22.4 Å². The lowest BCUT2D eigenvalue weighted by molar-refractivity contribution is 0.00407. The molecule has 0 bridgehead atoms. The van der Waals surface area contributed by atoms with Crippen LogP contribution in [0.25, 0.3) is 0 Å². The van der Waals surface area contributed by atoms with E-state index >= 15 is 0 Å². The second-order valence-corrected chi connectivity index (χ2v) is 10.2. The summed E-state index contributed by atoms with van der Waals surface area (Å²) in [5.74, 6) is 2.47. The quantitative estimate of drug-likeness (QED) is 0.616. The summed E-state index contributed by atoms with van der Waals surface area (Å²) in [7, 11) is 0. The van der Waals surface area contributed by atoms with Gasteiger partial charge in [-0.25, -0.2) is 0 Å². The summed E-state index contributed by atoms with van der Waals surface area (Å²) in [5.41, 5.74) is 3.35. The van der Waals surface area contributed by atoms with E-state index < -0.39 is 12.2 Å².